The minimum atomic E-state index is -0.295. The number of aromatic amines is 1. The van der Waals surface area contributed by atoms with Crippen molar-refractivity contribution in [1.82, 2.24) is 10.3 Å². The third-order valence-corrected chi connectivity index (χ3v) is 3.49. The Hall–Kier alpha value is -2.33. The second kappa shape index (κ2) is 5.58. The molecule has 0 fully saturated rings. The first-order chi connectivity index (χ1) is 10.1. The van der Waals surface area contributed by atoms with Crippen LogP contribution in [0.25, 0.3) is 10.9 Å². The van der Waals surface area contributed by atoms with Crippen LogP contribution in [0.2, 0.25) is 5.02 Å². The van der Waals surface area contributed by atoms with Crippen LogP contribution in [0.15, 0.2) is 48.7 Å². The van der Waals surface area contributed by atoms with Gasteiger partial charge in [0.05, 0.1) is 5.56 Å². The van der Waals surface area contributed by atoms with Crippen LogP contribution in [0.4, 0.5) is 4.39 Å². The van der Waals surface area contributed by atoms with Gasteiger partial charge < -0.3 is 10.3 Å². The molecule has 1 heterocycles. The Kier molecular flexibility index (Phi) is 3.62. The van der Waals surface area contributed by atoms with Gasteiger partial charge in [0, 0.05) is 28.7 Å². The van der Waals surface area contributed by atoms with E-state index in [0.29, 0.717) is 17.1 Å². The summed E-state index contributed by atoms with van der Waals surface area (Å²) in [5.41, 5.74) is 2.23. The number of hydrogen-bond acceptors (Lipinski definition) is 1. The molecule has 0 aliphatic rings. The summed E-state index contributed by atoms with van der Waals surface area (Å²) in [5.74, 6) is -0.496. The number of nitrogens with one attached hydrogen (secondary N) is 2. The summed E-state index contributed by atoms with van der Waals surface area (Å²) in [6.45, 7) is 0.340. The summed E-state index contributed by atoms with van der Waals surface area (Å²) in [7, 11) is 0. The second-order valence-electron chi connectivity index (χ2n) is 4.70. The molecule has 0 spiro atoms. The molecule has 3 nitrogen and oxygen atoms in total. The number of amides is 1. The average molecular weight is 303 g/mol. The Labute approximate surface area is 125 Å². The van der Waals surface area contributed by atoms with E-state index in [9.17, 15) is 9.18 Å². The predicted octanol–water partition coefficient (Wildman–Crippen LogP) is 3.89. The molecule has 106 valence electrons. The van der Waals surface area contributed by atoms with Crippen LogP contribution in [-0.4, -0.2) is 10.9 Å². The molecule has 0 aliphatic heterocycles. The van der Waals surface area contributed by atoms with Crippen LogP contribution in [0.5, 0.6) is 0 Å². The third kappa shape index (κ3) is 2.90. The van der Waals surface area contributed by atoms with E-state index < -0.39 is 0 Å². The molecule has 5 heteroatoms. The Morgan fingerprint density at radius 2 is 1.95 bits per heavy atom. The minimum Gasteiger partial charge on any atom is -0.360 e. The van der Waals surface area contributed by atoms with Gasteiger partial charge in [0.2, 0.25) is 0 Å². The third-order valence-electron chi connectivity index (χ3n) is 3.25. The molecule has 0 radical (unpaired) electrons. The normalized spacial score (nSPS) is 10.8. The Morgan fingerprint density at radius 3 is 2.71 bits per heavy atom. The number of aromatic nitrogens is 1. The van der Waals surface area contributed by atoms with Gasteiger partial charge >= 0.3 is 0 Å². The van der Waals surface area contributed by atoms with Crippen molar-refractivity contribution in [3.05, 3.63) is 70.6 Å². The van der Waals surface area contributed by atoms with Crippen LogP contribution < -0.4 is 5.32 Å². The summed E-state index contributed by atoms with van der Waals surface area (Å²) >= 11 is 5.96. The van der Waals surface area contributed by atoms with E-state index in [4.69, 9.17) is 11.6 Å². The molecule has 1 amide bonds. The first-order valence-corrected chi connectivity index (χ1v) is 6.80. The fraction of sp³-hybridized carbons (Fsp3) is 0.0625. The number of fused-ring (bicyclic) bond motifs is 1. The summed E-state index contributed by atoms with van der Waals surface area (Å²) in [4.78, 5) is 15.3. The number of rotatable bonds is 3. The lowest BCUT2D eigenvalue weighted by molar-refractivity contribution is 0.0952. The predicted molar refractivity (Wildman–Crippen MR) is 80.9 cm³/mol. The van der Waals surface area contributed by atoms with Crippen LogP contribution in [-0.2, 0) is 6.54 Å². The van der Waals surface area contributed by atoms with E-state index in [1.165, 1.54) is 12.1 Å². The number of benzene rings is 2. The largest absolute Gasteiger partial charge is 0.360 e. The van der Waals surface area contributed by atoms with Crippen molar-refractivity contribution in [3.63, 3.8) is 0 Å². The summed E-state index contributed by atoms with van der Waals surface area (Å²) in [5, 5.41) is 4.16. The topological polar surface area (TPSA) is 44.9 Å². The highest BCUT2D eigenvalue weighted by Gasteiger charge is 2.12. The number of carbonyl (C=O) groups excluding carboxylic acids is 1. The minimum absolute atomic E-state index is 0.201. The Morgan fingerprint density at radius 1 is 1.19 bits per heavy atom. The van der Waals surface area contributed by atoms with Gasteiger partial charge in [0.25, 0.3) is 5.91 Å². The summed E-state index contributed by atoms with van der Waals surface area (Å²) < 4.78 is 12.8. The molecule has 0 unspecified atom stereocenters. The Balaban J connectivity index is 1.78. The molecule has 0 saturated carbocycles. The standard InChI is InChI=1S/C16H12ClFN2O/c17-11-3-6-15-13(7-11)14(9-19-15)16(21)20-8-10-1-4-12(18)5-2-10/h1-7,9,19H,8H2,(H,20,21). The van der Waals surface area contributed by atoms with Gasteiger partial charge in [0.15, 0.2) is 0 Å². The zero-order valence-corrected chi connectivity index (χ0v) is 11.7. The first-order valence-electron chi connectivity index (χ1n) is 6.43. The average Bonchev–Trinajstić information content (AvgIpc) is 2.89. The highest BCUT2D eigenvalue weighted by atomic mass is 35.5. The van der Waals surface area contributed by atoms with E-state index in [0.717, 1.165) is 16.5 Å². The van der Waals surface area contributed by atoms with E-state index in [-0.39, 0.29) is 11.7 Å². The van der Waals surface area contributed by atoms with Gasteiger partial charge in [-0.15, -0.1) is 0 Å². The van der Waals surface area contributed by atoms with E-state index in [2.05, 4.69) is 10.3 Å². The molecule has 2 N–H and O–H groups in total. The SMILES string of the molecule is O=C(NCc1ccc(F)cc1)c1c[nH]c2ccc(Cl)cc12. The van der Waals surface area contributed by atoms with Gasteiger partial charge in [-0.3, -0.25) is 4.79 Å². The van der Waals surface area contributed by atoms with Crippen molar-refractivity contribution in [2.45, 2.75) is 6.54 Å². The Bertz CT molecular complexity index is 796. The lowest BCUT2D eigenvalue weighted by Crippen LogP contribution is -2.22. The molecule has 0 saturated heterocycles. The maximum atomic E-state index is 12.8. The van der Waals surface area contributed by atoms with Crippen LogP contribution >= 0.6 is 11.6 Å². The summed E-state index contributed by atoms with van der Waals surface area (Å²) in [6, 6.07) is 11.4. The molecule has 21 heavy (non-hydrogen) atoms. The van der Waals surface area contributed by atoms with Crippen molar-refractivity contribution >= 4 is 28.4 Å². The zero-order valence-electron chi connectivity index (χ0n) is 11.0. The number of H-pyrrole nitrogens is 1. The quantitative estimate of drug-likeness (QED) is 0.757. The lowest BCUT2D eigenvalue weighted by Gasteiger charge is -2.04. The molecule has 3 rings (SSSR count). The van der Waals surface area contributed by atoms with Gasteiger partial charge in [-0.05, 0) is 35.9 Å². The monoisotopic (exact) mass is 302 g/mol. The molecular weight excluding hydrogens is 291 g/mol. The molecule has 2 aromatic carbocycles. The van der Waals surface area contributed by atoms with Gasteiger partial charge in [-0.25, -0.2) is 4.39 Å². The number of hydrogen-bond donors (Lipinski definition) is 2. The highest BCUT2D eigenvalue weighted by molar-refractivity contribution is 6.31. The molecule has 1 aromatic heterocycles. The molecule has 0 aliphatic carbocycles. The zero-order chi connectivity index (χ0) is 14.8. The smallest absolute Gasteiger partial charge is 0.253 e. The van der Waals surface area contributed by atoms with Gasteiger partial charge in [-0.1, -0.05) is 23.7 Å². The molecule has 0 atom stereocenters. The first kappa shape index (κ1) is 13.6. The highest BCUT2D eigenvalue weighted by Crippen LogP contribution is 2.22. The molecule has 0 bridgehead atoms. The lowest BCUT2D eigenvalue weighted by atomic mass is 10.1. The fourth-order valence-corrected chi connectivity index (χ4v) is 2.33. The maximum absolute atomic E-state index is 12.8. The second-order valence-corrected chi connectivity index (χ2v) is 5.14. The van der Waals surface area contributed by atoms with Gasteiger partial charge in [0.1, 0.15) is 5.82 Å². The maximum Gasteiger partial charge on any atom is 0.253 e. The van der Waals surface area contributed by atoms with Crippen molar-refractivity contribution in [1.29, 1.82) is 0 Å². The van der Waals surface area contributed by atoms with Crippen LogP contribution in [0.1, 0.15) is 15.9 Å². The van der Waals surface area contributed by atoms with E-state index in [1.54, 1.807) is 30.5 Å². The van der Waals surface area contributed by atoms with Crippen LogP contribution in [0.3, 0.4) is 0 Å². The van der Waals surface area contributed by atoms with E-state index in [1.807, 2.05) is 6.07 Å². The van der Waals surface area contributed by atoms with E-state index >= 15 is 0 Å². The molecular formula is C16H12ClFN2O. The molecule has 3 aromatic rings. The van der Waals surface area contributed by atoms with Crippen molar-refractivity contribution in [3.8, 4) is 0 Å². The number of carbonyl (C=O) groups is 1. The van der Waals surface area contributed by atoms with Crippen molar-refractivity contribution in [2.75, 3.05) is 0 Å². The van der Waals surface area contributed by atoms with Gasteiger partial charge in [-0.2, -0.15) is 0 Å². The van der Waals surface area contributed by atoms with Crippen molar-refractivity contribution < 1.29 is 9.18 Å². The van der Waals surface area contributed by atoms with Crippen LogP contribution in [0, 0.1) is 5.82 Å². The fourth-order valence-electron chi connectivity index (χ4n) is 2.16. The number of halogens is 2. The van der Waals surface area contributed by atoms with Crippen molar-refractivity contribution in [2.24, 2.45) is 0 Å². The summed E-state index contributed by atoms with van der Waals surface area (Å²) in [6.07, 6.45) is 1.65.